The van der Waals surface area contributed by atoms with Crippen molar-refractivity contribution >= 4 is 0 Å². The van der Waals surface area contributed by atoms with E-state index in [1.165, 1.54) is 5.56 Å². The molecule has 0 fully saturated rings. The third kappa shape index (κ3) is 4.34. The van der Waals surface area contributed by atoms with Crippen LogP contribution in [0, 0.1) is 0 Å². The Labute approximate surface area is 93.2 Å². The lowest BCUT2D eigenvalue weighted by Crippen LogP contribution is -2.03. The standard InChI is InChI=1S/C11H16O2.C2H6/c1-9(8-12-2)10-6-4-5-7-11(10)13-3;1-2/h4-7,9H,8H2,1-3H3;1-2H3. The van der Waals surface area contributed by atoms with Gasteiger partial charge in [0.15, 0.2) is 0 Å². The van der Waals surface area contributed by atoms with Crippen molar-refractivity contribution in [2.24, 2.45) is 0 Å². The molecule has 0 radical (unpaired) electrons. The molecule has 1 atom stereocenters. The zero-order chi connectivity index (χ0) is 11.7. The van der Waals surface area contributed by atoms with Crippen LogP contribution in [0.4, 0.5) is 0 Å². The molecule has 1 aromatic carbocycles. The van der Waals surface area contributed by atoms with Crippen molar-refractivity contribution in [3.63, 3.8) is 0 Å². The molecule has 86 valence electrons. The van der Waals surface area contributed by atoms with E-state index in [0.29, 0.717) is 5.92 Å². The Hall–Kier alpha value is -1.02. The van der Waals surface area contributed by atoms with Crippen LogP contribution in [0.3, 0.4) is 0 Å². The number of para-hydroxylation sites is 1. The molecule has 0 saturated carbocycles. The highest BCUT2D eigenvalue weighted by Crippen LogP contribution is 2.25. The van der Waals surface area contributed by atoms with Crippen LogP contribution in [0.2, 0.25) is 0 Å². The van der Waals surface area contributed by atoms with Crippen LogP contribution in [0.5, 0.6) is 5.75 Å². The third-order valence-electron chi connectivity index (χ3n) is 2.09. The number of hydrogen-bond acceptors (Lipinski definition) is 2. The number of benzene rings is 1. The molecule has 0 saturated heterocycles. The number of ether oxygens (including phenoxy) is 2. The van der Waals surface area contributed by atoms with E-state index in [1.807, 2.05) is 32.0 Å². The lowest BCUT2D eigenvalue weighted by atomic mass is 10.0. The topological polar surface area (TPSA) is 18.5 Å². The Morgan fingerprint density at radius 1 is 1.13 bits per heavy atom. The van der Waals surface area contributed by atoms with E-state index in [4.69, 9.17) is 9.47 Å². The second-order valence-corrected chi connectivity index (χ2v) is 3.10. The van der Waals surface area contributed by atoms with Crippen molar-refractivity contribution in [1.29, 1.82) is 0 Å². The summed E-state index contributed by atoms with van der Waals surface area (Å²) in [6.07, 6.45) is 0. The maximum atomic E-state index is 5.26. The Morgan fingerprint density at radius 2 is 1.73 bits per heavy atom. The maximum absolute atomic E-state index is 5.26. The predicted octanol–water partition coefficient (Wildman–Crippen LogP) is 3.47. The van der Waals surface area contributed by atoms with Crippen molar-refractivity contribution in [2.75, 3.05) is 20.8 Å². The maximum Gasteiger partial charge on any atom is 0.122 e. The van der Waals surface area contributed by atoms with Crippen LogP contribution < -0.4 is 4.74 Å². The molecule has 2 nitrogen and oxygen atoms in total. The van der Waals surface area contributed by atoms with Gasteiger partial charge in [-0.3, -0.25) is 0 Å². The summed E-state index contributed by atoms with van der Waals surface area (Å²) in [5.74, 6) is 1.31. The normalized spacial score (nSPS) is 11.3. The average molecular weight is 210 g/mol. The fraction of sp³-hybridized carbons (Fsp3) is 0.538. The molecule has 0 bridgehead atoms. The van der Waals surface area contributed by atoms with Gasteiger partial charge in [-0.15, -0.1) is 0 Å². The second kappa shape index (κ2) is 8.30. The average Bonchev–Trinajstić information content (AvgIpc) is 2.32. The van der Waals surface area contributed by atoms with Gasteiger partial charge in [-0.25, -0.2) is 0 Å². The fourth-order valence-electron chi connectivity index (χ4n) is 1.41. The molecule has 0 aliphatic carbocycles. The van der Waals surface area contributed by atoms with E-state index in [2.05, 4.69) is 13.0 Å². The summed E-state index contributed by atoms with van der Waals surface area (Å²) >= 11 is 0. The molecule has 0 aromatic heterocycles. The van der Waals surface area contributed by atoms with Crippen molar-refractivity contribution in [2.45, 2.75) is 26.7 Å². The van der Waals surface area contributed by atoms with Gasteiger partial charge in [0, 0.05) is 13.0 Å². The predicted molar refractivity (Wildman–Crippen MR) is 64.6 cm³/mol. The fourth-order valence-corrected chi connectivity index (χ4v) is 1.41. The molecule has 0 aliphatic rings. The van der Waals surface area contributed by atoms with Crippen molar-refractivity contribution in [3.05, 3.63) is 29.8 Å². The third-order valence-corrected chi connectivity index (χ3v) is 2.09. The van der Waals surface area contributed by atoms with Crippen LogP contribution in [-0.2, 0) is 4.74 Å². The summed E-state index contributed by atoms with van der Waals surface area (Å²) in [6.45, 7) is 6.85. The molecule has 1 unspecified atom stereocenters. The lowest BCUT2D eigenvalue weighted by Gasteiger charge is -2.14. The summed E-state index contributed by atoms with van der Waals surface area (Å²) in [6, 6.07) is 8.04. The van der Waals surface area contributed by atoms with Gasteiger partial charge in [0.05, 0.1) is 13.7 Å². The zero-order valence-electron chi connectivity index (χ0n) is 10.4. The molecule has 0 aliphatic heterocycles. The summed E-state index contributed by atoms with van der Waals surface area (Å²) in [4.78, 5) is 0. The smallest absolute Gasteiger partial charge is 0.122 e. The van der Waals surface area contributed by atoms with E-state index in [9.17, 15) is 0 Å². The number of methoxy groups -OCH3 is 2. The zero-order valence-corrected chi connectivity index (χ0v) is 10.4. The monoisotopic (exact) mass is 210 g/mol. The Balaban J connectivity index is 0.000000921. The highest BCUT2D eigenvalue weighted by molar-refractivity contribution is 5.35. The summed E-state index contributed by atoms with van der Waals surface area (Å²) in [5.41, 5.74) is 1.20. The highest BCUT2D eigenvalue weighted by atomic mass is 16.5. The quantitative estimate of drug-likeness (QED) is 0.757. The minimum atomic E-state index is 0.376. The van der Waals surface area contributed by atoms with Gasteiger partial charge in [-0.05, 0) is 11.6 Å². The van der Waals surface area contributed by atoms with Crippen LogP contribution in [-0.4, -0.2) is 20.8 Å². The second-order valence-electron chi connectivity index (χ2n) is 3.10. The van der Waals surface area contributed by atoms with E-state index < -0.39 is 0 Å². The Bertz CT molecular complexity index is 258. The van der Waals surface area contributed by atoms with Crippen LogP contribution >= 0.6 is 0 Å². The molecule has 1 rings (SSSR count). The molecule has 2 heteroatoms. The molecule has 1 aromatic rings. The first-order valence-corrected chi connectivity index (χ1v) is 5.41. The molecular formula is C13H22O2. The van der Waals surface area contributed by atoms with E-state index in [0.717, 1.165) is 12.4 Å². The molecule has 0 amide bonds. The van der Waals surface area contributed by atoms with E-state index >= 15 is 0 Å². The highest BCUT2D eigenvalue weighted by Gasteiger charge is 2.09. The van der Waals surface area contributed by atoms with Crippen molar-refractivity contribution in [3.8, 4) is 5.75 Å². The van der Waals surface area contributed by atoms with Gasteiger partial charge in [-0.2, -0.15) is 0 Å². The largest absolute Gasteiger partial charge is 0.496 e. The Kier molecular flexibility index (Phi) is 7.74. The van der Waals surface area contributed by atoms with E-state index in [1.54, 1.807) is 14.2 Å². The first-order chi connectivity index (χ1) is 7.29. The van der Waals surface area contributed by atoms with Gasteiger partial charge in [-0.1, -0.05) is 39.0 Å². The van der Waals surface area contributed by atoms with Crippen LogP contribution in [0.25, 0.3) is 0 Å². The summed E-state index contributed by atoms with van der Waals surface area (Å²) < 4.78 is 10.4. The van der Waals surface area contributed by atoms with Crippen molar-refractivity contribution in [1.82, 2.24) is 0 Å². The Morgan fingerprint density at radius 3 is 2.27 bits per heavy atom. The first-order valence-electron chi connectivity index (χ1n) is 5.41. The molecule has 0 N–H and O–H groups in total. The molecular weight excluding hydrogens is 188 g/mol. The first kappa shape index (κ1) is 14.0. The molecule has 15 heavy (non-hydrogen) atoms. The number of hydrogen-bond donors (Lipinski definition) is 0. The SMILES string of the molecule is CC.COCC(C)c1ccccc1OC. The van der Waals surface area contributed by atoms with Gasteiger partial charge < -0.3 is 9.47 Å². The molecule has 0 spiro atoms. The van der Waals surface area contributed by atoms with Gasteiger partial charge >= 0.3 is 0 Å². The number of rotatable bonds is 4. The minimum absolute atomic E-state index is 0.376. The van der Waals surface area contributed by atoms with Gasteiger partial charge in [0.2, 0.25) is 0 Å². The van der Waals surface area contributed by atoms with Crippen LogP contribution in [0.15, 0.2) is 24.3 Å². The summed E-state index contributed by atoms with van der Waals surface area (Å²) in [5, 5.41) is 0. The van der Waals surface area contributed by atoms with E-state index in [-0.39, 0.29) is 0 Å². The minimum Gasteiger partial charge on any atom is -0.496 e. The summed E-state index contributed by atoms with van der Waals surface area (Å²) in [7, 11) is 3.41. The van der Waals surface area contributed by atoms with Crippen molar-refractivity contribution < 1.29 is 9.47 Å². The molecule has 0 heterocycles. The van der Waals surface area contributed by atoms with Gasteiger partial charge in [0.1, 0.15) is 5.75 Å². The van der Waals surface area contributed by atoms with Gasteiger partial charge in [0.25, 0.3) is 0 Å². The van der Waals surface area contributed by atoms with Crippen LogP contribution in [0.1, 0.15) is 32.3 Å². The lowest BCUT2D eigenvalue weighted by molar-refractivity contribution is 0.183.